The van der Waals surface area contributed by atoms with E-state index in [1.165, 1.54) is 102 Å². The Morgan fingerprint density at radius 2 is 1.07 bits per heavy atom. The fourth-order valence-corrected chi connectivity index (χ4v) is 3.99. The van der Waals surface area contributed by atoms with E-state index in [1.54, 1.807) is 0 Å². The highest BCUT2D eigenvalue weighted by Crippen LogP contribution is 2.17. The molecule has 0 unspecified atom stereocenters. The van der Waals surface area contributed by atoms with Crippen molar-refractivity contribution in [1.82, 2.24) is 0 Å². The summed E-state index contributed by atoms with van der Waals surface area (Å²) in [4.78, 5) is 22.2. The Balaban J connectivity index is 2.02. The van der Waals surface area contributed by atoms with Crippen LogP contribution in [0.2, 0.25) is 0 Å². The third kappa shape index (κ3) is 12.0. The molecule has 0 aromatic heterocycles. The van der Waals surface area contributed by atoms with Gasteiger partial charge in [0.05, 0.1) is 11.9 Å². The molecule has 1 aromatic rings. The van der Waals surface area contributed by atoms with Gasteiger partial charge in [-0.2, -0.15) is 0 Å². The number of carbonyl (C=O) groups is 2. The summed E-state index contributed by atoms with van der Waals surface area (Å²) < 4.78 is 0. The van der Waals surface area contributed by atoms with Crippen LogP contribution < -0.4 is 10.2 Å². The molecular formula is C26H40O4-2. The van der Waals surface area contributed by atoms with Crippen molar-refractivity contribution >= 4 is 11.9 Å². The van der Waals surface area contributed by atoms with E-state index in [9.17, 15) is 19.8 Å². The normalized spacial score (nSPS) is 11.0. The lowest BCUT2D eigenvalue weighted by Crippen LogP contribution is -2.26. The quantitative estimate of drug-likeness (QED) is 0.290. The SMILES string of the molecule is CCCCCCCCCCCCCCCCCCc1cc(C(=O)[O-])ccc1C(=O)[O-]. The maximum atomic E-state index is 11.2. The molecule has 0 aliphatic rings. The molecule has 0 bridgehead atoms. The van der Waals surface area contributed by atoms with Gasteiger partial charge in [0.15, 0.2) is 0 Å². The molecule has 0 aliphatic heterocycles. The van der Waals surface area contributed by atoms with Crippen LogP contribution in [-0.2, 0) is 6.42 Å². The highest BCUT2D eigenvalue weighted by atomic mass is 16.4. The predicted octanol–water partition coefficient (Wildman–Crippen LogP) is 5.22. The van der Waals surface area contributed by atoms with Crippen LogP contribution in [-0.4, -0.2) is 11.9 Å². The standard InChI is InChI=1S/C26H42O4/c1-2-3-4-5-6-7-8-9-10-11-12-13-14-15-16-17-18-22-21-23(25(27)28)19-20-24(22)26(29)30/h19-21H,2-18H2,1H3,(H,27,28)(H,29,30)/p-2. The van der Waals surface area contributed by atoms with E-state index in [-0.39, 0.29) is 11.1 Å². The fraction of sp³-hybridized carbons (Fsp3) is 0.692. The van der Waals surface area contributed by atoms with Gasteiger partial charge in [-0.15, -0.1) is 0 Å². The average molecular weight is 417 g/mol. The van der Waals surface area contributed by atoms with Crippen LogP contribution in [0.5, 0.6) is 0 Å². The van der Waals surface area contributed by atoms with E-state index < -0.39 is 11.9 Å². The number of carbonyl (C=O) groups excluding carboxylic acids is 2. The van der Waals surface area contributed by atoms with Crippen LogP contribution in [0.4, 0.5) is 0 Å². The Morgan fingerprint density at radius 1 is 0.633 bits per heavy atom. The molecule has 0 spiro atoms. The zero-order valence-corrected chi connectivity index (χ0v) is 18.9. The van der Waals surface area contributed by atoms with Crippen molar-refractivity contribution in [3.63, 3.8) is 0 Å². The monoisotopic (exact) mass is 416 g/mol. The second kappa shape index (κ2) is 16.9. The summed E-state index contributed by atoms with van der Waals surface area (Å²) in [5, 5.41) is 22.2. The van der Waals surface area contributed by atoms with Crippen molar-refractivity contribution in [3.05, 3.63) is 34.9 Å². The maximum absolute atomic E-state index is 11.2. The molecule has 4 nitrogen and oxygen atoms in total. The van der Waals surface area contributed by atoms with Crippen LogP contribution in [0, 0.1) is 0 Å². The van der Waals surface area contributed by atoms with Crippen molar-refractivity contribution in [3.8, 4) is 0 Å². The average Bonchev–Trinajstić information content (AvgIpc) is 2.73. The maximum Gasteiger partial charge on any atom is 0.0718 e. The number of benzene rings is 1. The number of hydrogen-bond donors (Lipinski definition) is 0. The van der Waals surface area contributed by atoms with E-state index in [4.69, 9.17) is 0 Å². The van der Waals surface area contributed by atoms with Crippen LogP contribution in [0.1, 0.15) is 136 Å². The van der Waals surface area contributed by atoms with Crippen molar-refractivity contribution in [1.29, 1.82) is 0 Å². The molecule has 0 saturated carbocycles. The van der Waals surface area contributed by atoms with Gasteiger partial charge >= 0.3 is 0 Å². The molecule has 0 aliphatic carbocycles. The lowest BCUT2D eigenvalue weighted by atomic mass is 9.98. The minimum atomic E-state index is -1.28. The van der Waals surface area contributed by atoms with Gasteiger partial charge in [-0.05, 0) is 30.0 Å². The number of rotatable bonds is 19. The molecule has 170 valence electrons. The summed E-state index contributed by atoms with van der Waals surface area (Å²) in [6.45, 7) is 2.26. The van der Waals surface area contributed by atoms with Gasteiger partial charge < -0.3 is 19.8 Å². The molecule has 0 N–H and O–H groups in total. The topological polar surface area (TPSA) is 80.3 Å². The van der Waals surface area contributed by atoms with Crippen LogP contribution >= 0.6 is 0 Å². The zero-order chi connectivity index (χ0) is 22.0. The molecule has 1 aromatic carbocycles. The van der Waals surface area contributed by atoms with E-state index >= 15 is 0 Å². The Bertz CT molecular complexity index is 609. The second-order valence-corrected chi connectivity index (χ2v) is 8.50. The third-order valence-electron chi connectivity index (χ3n) is 5.86. The van der Waals surface area contributed by atoms with Crippen molar-refractivity contribution in [2.24, 2.45) is 0 Å². The number of aromatic carboxylic acids is 2. The van der Waals surface area contributed by atoms with Crippen molar-refractivity contribution in [2.75, 3.05) is 0 Å². The first kappa shape index (κ1) is 26.2. The summed E-state index contributed by atoms with van der Waals surface area (Å²) >= 11 is 0. The Morgan fingerprint density at radius 3 is 1.47 bits per heavy atom. The van der Waals surface area contributed by atoms with Gasteiger partial charge in [0.25, 0.3) is 0 Å². The van der Waals surface area contributed by atoms with Gasteiger partial charge in [-0.25, -0.2) is 0 Å². The smallest absolute Gasteiger partial charge is 0.0718 e. The molecule has 0 saturated heterocycles. The van der Waals surface area contributed by atoms with Crippen molar-refractivity contribution in [2.45, 2.75) is 116 Å². The third-order valence-corrected chi connectivity index (χ3v) is 5.86. The molecule has 0 heterocycles. The minimum Gasteiger partial charge on any atom is -0.545 e. The van der Waals surface area contributed by atoms with E-state index in [0.29, 0.717) is 12.0 Å². The Labute approximate surface area is 183 Å². The first-order valence-electron chi connectivity index (χ1n) is 12.1. The predicted molar refractivity (Wildman–Crippen MR) is 118 cm³/mol. The number of aryl methyl sites for hydroxylation is 1. The molecular weight excluding hydrogens is 376 g/mol. The first-order valence-corrected chi connectivity index (χ1v) is 12.1. The molecule has 0 atom stereocenters. The van der Waals surface area contributed by atoms with Crippen molar-refractivity contribution < 1.29 is 19.8 Å². The summed E-state index contributed by atoms with van der Waals surface area (Å²) in [6.07, 6.45) is 21.1. The highest BCUT2D eigenvalue weighted by Gasteiger charge is 2.06. The largest absolute Gasteiger partial charge is 0.545 e. The van der Waals surface area contributed by atoms with E-state index in [1.807, 2.05) is 0 Å². The molecule has 0 amide bonds. The second-order valence-electron chi connectivity index (χ2n) is 8.50. The molecule has 0 radical (unpaired) electrons. The van der Waals surface area contributed by atoms with Gasteiger partial charge in [0.2, 0.25) is 0 Å². The van der Waals surface area contributed by atoms with Gasteiger partial charge in [0.1, 0.15) is 0 Å². The molecule has 4 heteroatoms. The Kier molecular flexibility index (Phi) is 14.8. The van der Waals surface area contributed by atoms with Crippen LogP contribution in [0.15, 0.2) is 18.2 Å². The zero-order valence-electron chi connectivity index (χ0n) is 18.9. The summed E-state index contributed by atoms with van der Waals surface area (Å²) in [7, 11) is 0. The summed E-state index contributed by atoms with van der Waals surface area (Å²) in [5.74, 6) is -2.54. The highest BCUT2D eigenvalue weighted by molar-refractivity contribution is 5.91. The molecule has 30 heavy (non-hydrogen) atoms. The lowest BCUT2D eigenvalue weighted by Gasteiger charge is -2.13. The number of carboxylic acids is 2. The van der Waals surface area contributed by atoms with Crippen LogP contribution in [0.25, 0.3) is 0 Å². The van der Waals surface area contributed by atoms with Gasteiger partial charge in [-0.1, -0.05) is 115 Å². The van der Waals surface area contributed by atoms with Crippen LogP contribution in [0.3, 0.4) is 0 Å². The van der Waals surface area contributed by atoms with Gasteiger partial charge in [-0.3, -0.25) is 0 Å². The Hall–Kier alpha value is -1.84. The van der Waals surface area contributed by atoms with E-state index in [2.05, 4.69) is 6.92 Å². The molecule has 1 rings (SSSR count). The number of hydrogen-bond acceptors (Lipinski definition) is 4. The number of unbranched alkanes of at least 4 members (excludes halogenated alkanes) is 15. The first-order chi connectivity index (χ1) is 14.6. The summed E-state index contributed by atoms with van der Waals surface area (Å²) in [6, 6.07) is 3.98. The lowest BCUT2D eigenvalue weighted by molar-refractivity contribution is -0.256. The van der Waals surface area contributed by atoms with E-state index in [0.717, 1.165) is 19.3 Å². The van der Waals surface area contributed by atoms with Gasteiger partial charge in [0, 0.05) is 5.56 Å². The molecule has 0 fully saturated rings. The fourth-order valence-electron chi connectivity index (χ4n) is 3.99. The minimum absolute atomic E-state index is 0.0199. The summed E-state index contributed by atoms with van der Waals surface area (Å²) in [5.41, 5.74) is 0.634. The number of carboxylic acid groups (broad SMARTS) is 2.